The lowest BCUT2D eigenvalue weighted by Gasteiger charge is -2.25. The summed E-state index contributed by atoms with van der Waals surface area (Å²) in [5, 5.41) is 21.0. The van der Waals surface area contributed by atoms with E-state index in [1.807, 2.05) is 0 Å². The number of nitrogens with zero attached hydrogens (tertiary/aromatic N) is 1. The van der Waals surface area contributed by atoms with Crippen LogP contribution in [-0.4, -0.2) is 21.9 Å². The molecule has 1 fully saturated rings. The van der Waals surface area contributed by atoms with E-state index in [1.54, 1.807) is 36.4 Å². The fraction of sp³-hybridized carbons (Fsp3) is 0.0435. The van der Waals surface area contributed by atoms with E-state index >= 15 is 0 Å². The first-order chi connectivity index (χ1) is 14.4. The minimum Gasteiger partial charge on any atom is -0.508 e. The van der Waals surface area contributed by atoms with Gasteiger partial charge in [0.1, 0.15) is 17.3 Å². The molecule has 2 N–H and O–H groups in total. The second kappa shape index (κ2) is 7.65. The number of rotatable bonds is 3. The SMILES string of the molecule is O=C1C(=O)N(c2ccc(Cl)cc2)C(c2ccc(O)cc2)/C1=C(\O)c1ccc(F)cc1. The van der Waals surface area contributed by atoms with Crippen LogP contribution in [0, 0.1) is 5.82 Å². The molecule has 0 aromatic heterocycles. The number of aliphatic hydroxyl groups is 1. The number of aromatic hydroxyl groups is 1. The van der Waals surface area contributed by atoms with Crippen molar-refractivity contribution in [2.24, 2.45) is 0 Å². The number of phenols is 1. The maximum absolute atomic E-state index is 13.3. The molecule has 3 aromatic carbocycles. The van der Waals surface area contributed by atoms with E-state index in [2.05, 4.69) is 0 Å². The van der Waals surface area contributed by atoms with Crippen molar-refractivity contribution in [1.82, 2.24) is 0 Å². The molecule has 5 nitrogen and oxygen atoms in total. The lowest BCUT2D eigenvalue weighted by atomic mass is 9.95. The third-order valence-corrected chi connectivity index (χ3v) is 5.13. The minimum atomic E-state index is -0.947. The number of amides is 1. The number of carbonyl (C=O) groups is 2. The van der Waals surface area contributed by atoms with Crippen molar-refractivity contribution in [2.45, 2.75) is 6.04 Å². The van der Waals surface area contributed by atoms with E-state index < -0.39 is 29.3 Å². The van der Waals surface area contributed by atoms with Crippen molar-refractivity contribution in [3.05, 3.63) is 100 Å². The molecule has 7 heteroatoms. The first-order valence-corrected chi connectivity index (χ1v) is 9.36. The van der Waals surface area contributed by atoms with Crippen LogP contribution in [0.25, 0.3) is 5.76 Å². The standard InChI is InChI=1S/C23H15ClFNO4/c24-15-5-9-17(10-6-15)26-20(13-3-11-18(27)12-4-13)19(22(29)23(26)30)21(28)14-1-7-16(25)8-2-14/h1-12,20,27-28H/b21-19+. The number of phenolic OH excluding ortho intramolecular Hbond substituents is 1. The molecule has 150 valence electrons. The number of aliphatic hydroxyl groups excluding tert-OH is 1. The molecule has 30 heavy (non-hydrogen) atoms. The second-order valence-corrected chi connectivity index (χ2v) is 7.18. The maximum atomic E-state index is 13.3. The summed E-state index contributed by atoms with van der Waals surface area (Å²) in [6, 6.07) is 16.4. The third kappa shape index (κ3) is 3.42. The van der Waals surface area contributed by atoms with Crippen LogP contribution < -0.4 is 4.90 Å². The van der Waals surface area contributed by atoms with Gasteiger partial charge in [-0.05, 0) is 66.2 Å². The van der Waals surface area contributed by atoms with Crippen LogP contribution in [0.15, 0.2) is 78.4 Å². The van der Waals surface area contributed by atoms with E-state index in [4.69, 9.17) is 11.6 Å². The first kappa shape index (κ1) is 19.7. The van der Waals surface area contributed by atoms with Crippen LogP contribution >= 0.6 is 11.6 Å². The molecule has 1 amide bonds. The van der Waals surface area contributed by atoms with Gasteiger partial charge in [-0.3, -0.25) is 14.5 Å². The topological polar surface area (TPSA) is 77.8 Å². The highest BCUT2D eigenvalue weighted by molar-refractivity contribution is 6.51. The Balaban J connectivity index is 1.93. The van der Waals surface area contributed by atoms with Crippen LogP contribution in [0.2, 0.25) is 5.02 Å². The predicted molar refractivity (Wildman–Crippen MR) is 111 cm³/mol. The third-order valence-electron chi connectivity index (χ3n) is 4.88. The van der Waals surface area contributed by atoms with Gasteiger partial charge in [-0.25, -0.2) is 4.39 Å². The molecule has 1 aliphatic heterocycles. The molecule has 1 heterocycles. The van der Waals surface area contributed by atoms with Crippen LogP contribution in [0.3, 0.4) is 0 Å². The fourth-order valence-electron chi connectivity index (χ4n) is 3.44. The zero-order chi connectivity index (χ0) is 21.4. The molecule has 4 rings (SSSR count). The molecular formula is C23H15ClFNO4. The van der Waals surface area contributed by atoms with Crippen molar-refractivity contribution in [1.29, 1.82) is 0 Å². The van der Waals surface area contributed by atoms with E-state index in [0.717, 1.165) is 12.1 Å². The number of carbonyl (C=O) groups excluding carboxylic acids is 2. The highest BCUT2D eigenvalue weighted by Gasteiger charge is 2.46. The Morgan fingerprint density at radius 3 is 2.10 bits per heavy atom. The van der Waals surface area contributed by atoms with E-state index in [9.17, 15) is 24.2 Å². The van der Waals surface area contributed by atoms with Crippen LogP contribution in [0.5, 0.6) is 5.75 Å². The highest BCUT2D eigenvalue weighted by atomic mass is 35.5. The number of ketones is 1. The number of hydrogen-bond donors (Lipinski definition) is 2. The van der Waals surface area contributed by atoms with Gasteiger partial charge in [0.05, 0.1) is 11.6 Å². The second-order valence-electron chi connectivity index (χ2n) is 6.74. The largest absolute Gasteiger partial charge is 0.508 e. The number of hydrogen-bond acceptors (Lipinski definition) is 4. The molecule has 1 saturated heterocycles. The van der Waals surface area contributed by atoms with E-state index in [-0.39, 0.29) is 16.9 Å². The molecule has 0 saturated carbocycles. The summed E-state index contributed by atoms with van der Waals surface area (Å²) in [5.74, 6) is -2.59. The molecule has 1 atom stereocenters. The Labute approximate surface area is 176 Å². The van der Waals surface area contributed by atoms with Crippen molar-refractivity contribution in [2.75, 3.05) is 4.90 Å². The highest BCUT2D eigenvalue weighted by Crippen LogP contribution is 2.42. The van der Waals surface area contributed by atoms with Crippen molar-refractivity contribution in [3.63, 3.8) is 0 Å². The predicted octanol–water partition coefficient (Wildman–Crippen LogP) is 4.81. The molecule has 1 unspecified atom stereocenters. The molecule has 0 spiro atoms. The summed E-state index contributed by atoms with van der Waals surface area (Å²) in [7, 11) is 0. The zero-order valence-corrected chi connectivity index (χ0v) is 16.2. The van der Waals surface area contributed by atoms with Crippen molar-refractivity contribution >= 4 is 34.7 Å². The van der Waals surface area contributed by atoms with Gasteiger partial charge in [0.15, 0.2) is 0 Å². The zero-order valence-electron chi connectivity index (χ0n) is 15.4. The summed E-state index contributed by atoms with van der Waals surface area (Å²) in [5.41, 5.74) is 0.991. The molecule has 0 aliphatic carbocycles. The average molecular weight is 424 g/mol. The summed E-state index contributed by atoms with van der Waals surface area (Å²) in [6.07, 6.45) is 0. The van der Waals surface area contributed by atoms with Gasteiger partial charge in [-0.1, -0.05) is 23.7 Å². The van der Waals surface area contributed by atoms with Gasteiger partial charge in [-0.2, -0.15) is 0 Å². The smallest absolute Gasteiger partial charge is 0.300 e. The van der Waals surface area contributed by atoms with Crippen molar-refractivity contribution < 1.29 is 24.2 Å². The Morgan fingerprint density at radius 1 is 0.900 bits per heavy atom. The minimum absolute atomic E-state index is 0.0146. The van der Waals surface area contributed by atoms with E-state index in [1.165, 1.54) is 29.2 Å². The Morgan fingerprint density at radius 2 is 1.50 bits per heavy atom. The average Bonchev–Trinajstić information content (AvgIpc) is 3.00. The molecule has 0 bridgehead atoms. The Hall–Kier alpha value is -3.64. The number of anilines is 1. The summed E-state index contributed by atoms with van der Waals surface area (Å²) >= 11 is 5.95. The van der Waals surface area contributed by atoms with Crippen LogP contribution in [0.4, 0.5) is 10.1 Å². The normalized spacial score (nSPS) is 18.1. The maximum Gasteiger partial charge on any atom is 0.300 e. The summed E-state index contributed by atoms with van der Waals surface area (Å²) in [4.78, 5) is 27.1. The fourth-order valence-corrected chi connectivity index (χ4v) is 3.56. The molecule has 3 aromatic rings. The van der Waals surface area contributed by atoms with Gasteiger partial charge < -0.3 is 10.2 Å². The summed E-state index contributed by atoms with van der Waals surface area (Å²) in [6.45, 7) is 0. The van der Waals surface area contributed by atoms with Gasteiger partial charge in [-0.15, -0.1) is 0 Å². The Kier molecular flexibility index (Phi) is 5.01. The number of Topliss-reactive ketones (excluding diaryl/α,β-unsaturated/α-hetero) is 1. The van der Waals surface area contributed by atoms with E-state index in [0.29, 0.717) is 16.3 Å². The van der Waals surface area contributed by atoms with Gasteiger partial charge in [0, 0.05) is 16.3 Å². The van der Waals surface area contributed by atoms with Crippen LogP contribution in [-0.2, 0) is 9.59 Å². The molecule has 0 radical (unpaired) electrons. The summed E-state index contributed by atoms with van der Waals surface area (Å²) < 4.78 is 13.3. The molecule has 1 aliphatic rings. The van der Waals surface area contributed by atoms with Gasteiger partial charge >= 0.3 is 0 Å². The van der Waals surface area contributed by atoms with Gasteiger partial charge in [0.25, 0.3) is 11.7 Å². The Bertz CT molecular complexity index is 1160. The van der Waals surface area contributed by atoms with Gasteiger partial charge in [0.2, 0.25) is 0 Å². The lowest BCUT2D eigenvalue weighted by molar-refractivity contribution is -0.132. The quantitative estimate of drug-likeness (QED) is 0.360. The monoisotopic (exact) mass is 423 g/mol. The number of halogens is 2. The van der Waals surface area contributed by atoms with Crippen molar-refractivity contribution in [3.8, 4) is 5.75 Å². The first-order valence-electron chi connectivity index (χ1n) is 8.98. The van der Waals surface area contributed by atoms with Crippen LogP contribution in [0.1, 0.15) is 17.2 Å². The molecular weight excluding hydrogens is 409 g/mol. The lowest BCUT2D eigenvalue weighted by Crippen LogP contribution is -2.29. The number of benzene rings is 3.